The first-order valence-corrected chi connectivity index (χ1v) is 10.1. The summed E-state index contributed by atoms with van der Waals surface area (Å²) >= 11 is 0. The summed E-state index contributed by atoms with van der Waals surface area (Å²) in [6, 6.07) is 11.2. The second-order valence-electron chi connectivity index (χ2n) is 7.78. The van der Waals surface area contributed by atoms with Crippen LogP contribution in [0.1, 0.15) is 49.8 Å². The molecular formula is C23H24FNO5. The zero-order valence-corrected chi connectivity index (χ0v) is 16.8. The maximum Gasteiger partial charge on any atom is 0.317 e. The predicted octanol–water partition coefficient (Wildman–Crippen LogP) is 3.79. The Morgan fingerprint density at radius 2 is 1.90 bits per heavy atom. The van der Waals surface area contributed by atoms with Gasteiger partial charge in [0.05, 0.1) is 11.5 Å². The molecule has 1 heterocycles. The number of amides is 1. The molecule has 1 saturated carbocycles. The number of ether oxygens (including phenoxy) is 3. The number of fused-ring (bicyclic) bond motifs is 1. The van der Waals surface area contributed by atoms with Gasteiger partial charge in [-0.05, 0) is 55.2 Å². The molecule has 1 unspecified atom stereocenters. The highest BCUT2D eigenvalue weighted by Crippen LogP contribution is 2.42. The van der Waals surface area contributed by atoms with Crippen molar-refractivity contribution in [2.24, 2.45) is 0 Å². The molecule has 1 atom stereocenters. The molecule has 1 aliphatic heterocycles. The number of nitrogens with one attached hydrogen (secondary N) is 1. The van der Waals surface area contributed by atoms with E-state index in [9.17, 15) is 14.0 Å². The molecule has 158 valence electrons. The summed E-state index contributed by atoms with van der Waals surface area (Å²) < 4.78 is 29.8. The first-order chi connectivity index (χ1) is 14.5. The van der Waals surface area contributed by atoms with Crippen LogP contribution in [0.25, 0.3) is 0 Å². The summed E-state index contributed by atoms with van der Waals surface area (Å²) in [6.07, 6.45) is 2.90. The van der Waals surface area contributed by atoms with Crippen molar-refractivity contribution in [1.29, 1.82) is 0 Å². The minimum atomic E-state index is -0.884. The number of hydrogen-bond donors (Lipinski definition) is 1. The van der Waals surface area contributed by atoms with Gasteiger partial charge in [-0.3, -0.25) is 9.59 Å². The molecule has 2 aliphatic rings. The van der Waals surface area contributed by atoms with Crippen molar-refractivity contribution < 1.29 is 28.2 Å². The summed E-state index contributed by atoms with van der Waals surface area (Å²) in [5, 5.41) is 2.82. The Morgan fingerprint density at radius 1 is 1.13 bits per heavy atom. The number of carbonyl (C=O) groups excluding carboxylic acids is 2. The Kier molecular flexibility index (Phi) is 5.61. The minimum absolute atomic E-state index is 0.183. The van der Waals surface area contributed by atoms with Crippen molar-refractivity contribution in [3.63, 3.8) is 0 Å². The van der Waals surface area contributed by atoms with Crippen molar-refractivity contribution >= 4 is 11.9 Å². The molecule has 0 spiro atoms. The molecule has 1 amide bonds. The van der Waals surface area contributed by atoms with Gasteiger partial charge in [0, 0.05) is 0 Å². The third-order valence-corrected chi connectivity index (χ3v) is 5.83. The van der Waals surface area contributed by atoms with Crippen LogP contribution < -0.4 is 14.8 Å². The average molecular weight is 413 g/mol. The van der Waals surface area contributed by atoms with Gasteiger partial charge in [0.25, 0.3) is 5.91 Å². The third-order valence-electron chi connectivity index (χ3n) is 5.83. The highest BCUT2D eigenvalue weighted by Gasteiger charge is 2.44. The molecule has 0 radical (unpaired) electrons. The fraction of sp³-hybridized carbons (Fsp3) is 0.391. The molecule has 0 aromatic heterocycles. The normalized spacial score (nSPS) is 17.4. The Morgan fingerprint density at radius 3 is 2.67 bits per heavy atom. The van der Waals surface area contributed by atoms with Crippen molar-refractivity contribution in [3.05, 3.63) is 59.4 Å². The van der Waals surface area contributed by atoms with Crippen LogP contribution in [0, 0.1) is 5.82 Å². The monoisotopic (exact) mass is 413 g/mol. The Labute approximate surface area is 174 Å². The van der Waals surface area contributed by atoms with E-state index in [1.54, 1.807) is 18.2 Å². The fourth-order valence-electron chi connectivity index (χ4n) is 4.19. The van der Waals surface area contributed by atoms with Gasteiger partial charge in [0.1, 0.15) is 5.82 Å². The Hall–Kier alpha value is -3.09. The molecule has 0 bridgehead atoms. The summed E-state index contributed by atoms with van der Waals surface area (Å²) in [4.78, 5) is 25.3. The molecule has 4 rings (SSSR count). The first kappa shape index (κ1) is 20.2. The van der Waals surface area contributed by atoms with E-state index in [0.29, 0.717) is 29.9 Å². The summed E-state index contributed by atoms with van der Waals surface area (Å²) in [6.45, 7) is 1.63. The molecule has 2 aromatic carbocycles. The number of esters is 1. The lowest BCUT2D eigenvalue weighted by Gasteiger charge is -2.27. The van der Waals surface area contributed by atoms with Gasteiger partial charge in [-0.2, -0.15) is 0 Å². The molecule has 7 heteroatoms. The van der Waals surface area contributed by atoms with Gasteiger partial charge in [-0.25, -0.2) is 4.39 Å². The topological polar surface area (TPSA) is 73.9 Å². The first-order valence-electron chi connectivity index (χ1n) is 10.1. The average Bonchev–Trinajstić information content (AvgIpc) is 3.41. The second kappa shape index (κ2) is 8.34. The summed E-state index contributed by atoms with van der Waals surface area (Å²) in [5.74, 6) is 0.0444. The fourth-order valence-corrected chi connectivity index (χ4v) is 4.19. The standard InChI is InChI=1S/C23H24FNO5/c1-15(16-7-8-19-20(11-16)30-14-29-19)25-21(26)13-28-22(27)23(9-2-3-10-23)17-5-4-6-18(24)12-17/h4-8,11-12,15H,2-3,9-10,13-14H2,1H3,(H,25,26). The van der Waals surface area contributed by atoms with E-state index in [1.807, 2.05) is 19.1 Å². The maximum atomic E-state index is 13.7. The van der Waals surface area contributed by atoms with Crippen LogP contribution in [0.15, 0.2) is 42.5 Å². The lowest BCUT2D eigenvalue weighted by atomic mass is 9.79. The van der Waals surface area contributed by atoms with Crippen molar-refractivity contribution in [3.8, 4) is 11.5 Å². The van der Waals surface area contributed by atoms with E-state index in [-0.39, 0.29) is 25.3 Å². The summed E-state index contributed by atoms with van der Waals surface area (Å²) in [5.41, 5.74) is 0.579. The lowest BCUT2D eigenvalue weighted by Crippen LogP contribution is -2.38. The number of halogens is 1. The SMILES string of the molecule is CC(NC(=O)COC(=O)C1(c2cccc(F)c2)CCCC1)c1ccc2c(c1)OCO2. The van der Waals surface area contributed by atoms with Gasteiger partial charge in [0.2, 0.25) is 6.79 Å². The number of carbonyl (C=O) groups is 2. The van der Waals surface area contributed by atoms with Gasteiger partial charge in [-0.15, -0.1) is 0 Å². The Bertz CT molecular complexity index is 954. The van der Waals surface area contributed by atoms with E-state index >= 15 is 0 Å². The van der Waals surface area contributed by atoms with Crippen molar-refractivity contribution in [2.75, 3.05) is 13.4 Å². The van der Waals surface area contributed by atoms with Gasteiger partial charge >= 0.3 is 5.97 Å². The van der Waals surface area contributed by atoms with Crippen molar-refractivity contribution in [2.45, 2.75) is 44.1 Å². The van der Waals surface area contributed by atoms with Gasteiger partial charge < -0.3 is 19.5 Å². The zero-order valence-electron chi connectivity index (χ0n) is 16.8. The molecule has 1 aliphatic carbocycles. The number of rotatable bonds is 6. The molecule has 1 N–H and O–H groups in total. The largest absolute Gasteiger partial charge is 0.455 e. The minimum Gasteiger partial charge on any atom is -0.455 e. The number of hydrogen-bond acceptors (Lipinski definition) is 5. The summed E-state index contributed by atoms with van der Waals surface area (Å²) in [7, 11) is 0. The third kappa shape index (κ3) is 3.97. The van der Waals surface area contributed by atoms with Crippen molar-refractivity contribution in [1.82, 2.24) is 5.32 Å². The molecular weight excluding hydrogens is 389 g/mol. The quantitative estimate of drug-likeness (QED) is 0.730. The molecule has 2 aromatic rings. The zero-order chi connectivity index (χ0) is 21.1. The highest BCUT2D eigenvalue weighted by molar-refractivity contribution is 5.86. The smallest absolute Gasteiger partial charge is 0.317 e. The van der Waals surface area contributed by atoms with E-state index in [4.69, 9.17) is 14.2 Å². The molecule has 30 heavy (non-hydrogen) atoms. The van der Waals surface area contributed by atoms with Crippen LogP contribution >= 0.6 is 0 Å². The lowest BCUT2D eigenvalue weighted by molar-refractivity contribution is -0.154. The van der Waals surface area contributed by atoms with Crippen LogP contribution in [0.2, 0.25) is 0 Å². The van der Waals surface area contributed by atoms with Crippen LogP contribution in [0.4, 0.5) is 4.39 Å². The van der Waals surface area contributed by atoms with Gasteiger partial charge in [0.15, 0.2) is 18.1 Å². The van der Waals surface area contributed by atoms with Crippen LogP contribution in [-0.2, 0) is 19.7 Å². The second-order valence-corrected chi connectivity index (χ2v) is 7.78. The predicted molar refractivity (Wildman–Crippen MR) is 107 cm³/mol. The van der Waals surface area contributed by atoms with Crippen LogP contribution in [-0.4, -0.2) is 25.3 Å². The van der Waals surface area contributed by atoms with E-state index in [1.165, 1.54) is 12.1 Å². The molecule has 0 saturated heterocycles. The van der Waals surface area contributed by atoms with E-state index in [2.05, 4.69) is 5.32 Å². The van der Waals surface area contributed by atoms with E-state index in [0.717, 1.165) is 18.4 Å². The molecule has 6 nitrogen and oxygen atoms in total. The Balaban J connectivity index is 1.37. The maximum absolute atomic E-state index is 13.7. The van der Waals surface area contributed by atoms with E-state index < -0.39 is 17.3 Å². The van der Waals surface area contributed by atoms with Crippen LogP contribution in [0.3, 0.4) is 0 Å². The number of benzene rings is 2. The molecule has 1 fully saturated rings. The van der Waals surface area contributed by atoms with Gasteiger partial charge in [-0.1, -0.05) is 31.0 Å². The highest BCUT2D eigenvalue weighted by atomic mass is 19.1. The van der Waals surface area contributed by atoms with Crippen LogP contribution in [0.5, 0.6) is 11.5 Å².